The fourth-order valence-corrected chi connectivity index (χ4v) is 3.79. The summed E-state index contributed by atoms with van der Waals surface area (Å²) in [5, 5.41) is 13.9. The fraction of sp³-hybridized carbons (Fsp3) is 0.280. The molecule has 9 nitrogen and oxygen atoms in total. The second-order valence-corrected chi connectivity index (χ2v) is 7.65. The Bertz CT molecular complexity index is 1040. The van der Waals surface area contributed by atoms with E-state index in [-0.39, 0.29) is 32.0 Å². The molecule has 2 aromatic rings. The lowest BCUT2D eigenvalue weighted by Crippen LogP contribution is -2.45. The minimum atomic E-state index is -1.30. The number of hydrogen-bond acceptors (Lipinski definition) is 6. The molecule has 178 valence electrons. The first kappa shape index (κ1) is 24.5. The molecule has 9 heteroatoms. The number of ether oxygens (including phenoxy) is 2. The van der Waals surface area contributed by atoms with Crippen LogP contribution in [0, 0.1) is 0 Å². The summed E-state index contributed by atoms with van der Waals surface area (Å²) in [6.45, 7) is 3.05. The number of alkyl carbamates (subject to hydrolysis) is 1. The summed E-state index contributed by atoms with van der Waals surface area (Å²) < 4.78 is 10.1. The molecule has 34 heavy (non-hydrogen) atoms. The van der Waals surface area contributed by atoms with Crippen LogP contribution in [0.4, 0.5) is 4.79 Å². The van der Waals surface area contributed by atoms with Crippen molar-refractivity contribution < 1.29 is 33.8 Å². The first-order valence-corrected chi connectivity index (χ1v) is 10.8. The van der Waals surface area contributed by atoms with E-state index >= 15 is 0 Å². The molecule has 0 saturated carbocycles. The Kier molecular flexibility index (Phi) is 8.39. The van der Waals surface area contributed by atoms with Gasteiger partial charge < -0.3 is 25.2 Å². The molecule has 2 aromatic carbocycles. The number of hydrogen-bond donors (Lipinski definition) is 3. The highest BCUT2D eigenvalue weighted by atomic mass is 16.5. The van der Waals surface area contributed by atoms with Crippen LogP contribution in [0.15, 0.2) is 61.2 Å². The van der Waals surface area contributed by atoms with Crippen LogP contribution in [0.5, 0.6) is 0 Å². The van der Waals surface area contributed by atoms with E-state index in [0.717, 1.165) is 22.3 Å². The highest BCUT2D eigenvalue weighted by Gasteiger charge is 2.29. The first-order chi connectivity index (χ1) is 16.4. The average molecular weight is 466 g/mol. The molecular formula is C25H26N2O7. The van der Waals surface area contributed by atoms with Crippen molar-refractivity contribution in [2.45, 2.75) is 24.8 Å². The van der Waals surface area contributed by atoms with E-state index in [2.05, 4.69) is 17.2 Å². The molecule has 0 saturated heterocycles. The van der Waals surface area contributed by atoms with Gasteiger partial charge in [-0.3, -0.25) is 9.59 Å². The highest BCUT2D eigenvalue weighted by molar-refractivity contribution is 5.87. The van der Waals surface area contributed by atoms with Crippen LogP contribution in [-0.2, 0) is 23.9 Å². The van der Waals surface area contributed by atoms with Gasteiger partial charge in [0.05, 0.1) is 0 Å². The molecule has 3 rings (SSSR count). The van der Waals surface area contributed by atoms with E-state index in [1.165, 1.54) is 6.08 Å². The second kappa shape index (κ2) is 11.6. The highest BCUT2D eigenvalue weighted by Crippen LogP contribution is 2.44. The summed E-state index contributed by atoms with van der Waals surface area (Å²) in [6.07, 6.45) is 0.257. The lowest BCUT2D eigenvalue weighted by atomic mass is 9.98. The largest absolute Gasteiger partial charge is 0.480 e. The lowest BCUT2D eigenvalue weighted by molar-refractivity contribution is -0.144. The van der Waals surface area contributed by atoms with E-state index in [4.69, 9.17) is 9.47 Å². The summed E-state index contributed by atoms with van der Waals surface area (Å²) in [4.78, 5) is 47.1. The molecule has 1 aliphatic carbocycles. The molecule has 0 fully saturated rings. The Morgan fingerprint density at radius 3 is 2.21 bits per heavy atom. The van der Waals surface area contributed by atoms with Gasteiger partial charge in [0.1, 0.15) is 25.8 Å². The van der Waals surface area contributed by atoms with Gasteiger partial charge in [-0.2, -0.15) is 0 Å². The molecule has 3 N–H and O–H groups in total. The Morgan fingerprint density at radius 2 is 1.62 bits per heavy atom. The van der Waals surface area contributed by atoms with Crippen molar-refractivity contribution in [3.05, 3.63) is 72.3 Å². The zero-order valence-electron chi connectivity index (χ0n) is 18.5. The Hall–Kier alpha value is -4.14. The van der Waals surface area contributed by atoms with E-state index < -0.39 is 36.5 Å². The Labute approximate surface area is 196 Å². The molecule has 0 radical (unpaired) electrons. The standard InChI is InChI=1S/C25H26N2O7/c1-2-13-33-23(29)12-11-21(24(30)31)27-22(28)14-26-25(32)34-15-20-18-9-5-3-7-16(18)17-8-4-6-10-19(17)20/h2-10,20-21H,1,11-15H2,(H,26,32)(H,27,28)(H,30,31)/t21-/m0/s1. The predicted octanol–water partition coefficient (Wildman–Crippen LogP) is 2.60. The predicted molar refractivity (Wildman–Crippen MR) is 123 cm³/mol. The third-order valence-corrected chi connectivity index (χ3v) is 5.37. The van der Waals surface area contributed by atoms with Crippen LogP contribution >= 0.6 is 0 Å². The van der Waals surface area contributed by atoms with Crippen molar-refractivity contribution in [1.82, 2.24) is 10.6 Å². The zero-order chi connectivity index (χ0) is 24.5. The van der Waals surface area contributed by atoms with Crippen LogP contribution in [0.25, 0.3) is 11.1 Å². The number of carboxylic acids is 1. The first-order valence-electron chi connectivity index (χ1n) is 10.8. The number of esters is 1. The van der Waals surface area contributed by atoms with Crippen LogP contribution in [0.3, 0.4) is 0 Å². The van der Waals surface area contributed by atoms with Crippen LogP contribution in [0.1, 0.15) is 29.9 Å². The Morgan fingerprint density at radius 1 is 1.00 bits per heavy atom. The van der Waals surface area contributed by atoms with Crippen LogP contribution in [-0.4, -0.2) is 54.8 Å². The Balaban J connectivity index is 1.46. The van der Waals surface area contributed by atoms with Crippen molar-refractivity contribution in [2.24, 2.45) is 0 Å². The molecule has 0 aliphatic heterocycles. The summed E-state index contributed by atoms with van der Waals surface area (Å²) in [6, 6.07) is 14.5. The summed E-state index contributed by atoms with van der Waals surface area (Å²) >= 11 is 0. The monoisotopic (exact) mass is 466 g/mol. The van der Waals surface area contributed by atoms with Gasteiger partial charge in [0, 0.05) is 12.3 Å². The number of aliphatic carboxylic acids is 1. The van der Waals surface area contributed by atoms with Crippen molar-refractivity contribution in [3.63, 3.8) is 0 Å². The molecule has 0 spiro atoms. The second-order valence-electron chi connectivity index (χ2n) is 7.65. The third kappa shape index (κ3) is 6.22. The van der Waals surface area contributed by atoms with Crippen molar-refractivity contribution in [2.75, 3.05) is 19.8 Å². The normalized spacial score (nSPS) is 12.6. The molecule has 0 heterocycles. The van der Waals surface area contributed by atoms with Gasteiger partial charge in [0.2, 0.25) is 5.91 Å². The zero-order valence-corrected chi connectivity index (χ0v) is 18.5. The number of fused-ring (bicyclic) bond motifs is 3. The van der Waals surface area contributed by atoms with E-state index in [9.17, 15) is 24.3 Å². The number of carboxylic acid groups (broad SMARTS) is 1. The third-order valence-electron chi connectivity index (χ3n) is 5.37. The summed E-state index contributed by atoms with van der Waals surface area (Å²) in [5.74, 6) is -2.74. The maximum absolute atomic E-state index is 12.2. The van der Waals surface area contributed by atoms with Crippen LogP contribution in [0.2, 0.25) is 0 Å². The molecule has 1 atom stereocenters. The number of benzene rings is 2. The van der Waals surface area contributed by atoms with Gasteiger partial charge in [-0.25, -0.2) is 9.59 Å². The number of carbonyl (C=O) groups excluding carboxylic acids is 3. The molecular weight excluding hydrogens is 440 g/mol. The number of nitrogens with one attached hydrogen (secondary N) is 2. The van der Waals surface area contributed by atoms with Crippen LogP contribution < -0.4 is 10.6 Å². The quantitative estimate of drug-likeness (QED) is 0.343. The smallest absolute Gasteiger partial charge is 0.407 e. The minimum absolute atomic E-state index is 0.0208. The maximum atomic E-state index is 12.2. The van der Waals surface area contributed by atoms with Gasteiger partial charge >= 0.3 is 18.0 Å². The van der Waals surface area contributed by atoms with Gasteiger partial charge in [-0.15, -0.1) is 0 Å². The van der Waals surface area contributed by atoms with E-state index in [1.54, 1.807) is 0 Å². The summed E-state index contributed by atoms with van der Waals surface area (Å²) in [5.41, 5.74) is 4.31. The number of amides is 2. The topological polar surface area (TPSA) is 131 Å². The van der Waals surface area contributed by atoms with Gasteiger partial charge in [-0.1, -0.05) is 61.2 Å². The van der Waals surface area contributed by atoms with E-state index in [0.29, 0.717) is 0 Å². The molecule has 0 aromatic heterocycles. The number of carbonyl (C=O) groups is 4. The maximum Gasteiger partial charge on any atom is 0.407 e. The van der Waals surface area contributed by atoms with Crippen molar-refractivity contribution in [3.8, 4) is 11.1 Å². The fourth-order valence-electron chi connectivity index (χ4n) is 3.79. The average Bonchev–Trinajstić information content (AvgIpc) is 3.16. The molecule has 1 aliphatic rings. The lowest BCUT2D eigenvalue weighted by Gasteiger charge is -2.16. The van der Waals surface area contributed by atoms with Gasteiger partial charge in [0.15, 0.2) is 0 Å². The molecule has 2 amide bonds. The van der Waals surface area contributed by atoms with Crippen molar-refractivity contribution in [1.29, 1.82) is 0 Å². The molecule has 0 bridgehead atoms. The van der Waals surface area contributed by atoms with E-state index in [1.807, 2.05) is 48.5 Å². The number of rotatable bonds is 11. The summed E-state index contributed by atoms with van der Waals surface area (Å²) in [7, 11) is 0. The SMILES string of the molecule is C=CCOC(=O)CC[C@H](NC(=O)CNC(=O)OCC1c2ccccc2-c2ccccc21)C(=O)O. The van der Waals surface area contributed by atoms with Gasteiger partial charge in [-0.05, 0) is 28.7 Å². The minimum Gasteiger partial charge on any atom is -0.480 e. The molecule has 0 unspecified atom stereocenters. The van der Waals surface area contributed by atoms with Crippen molar-refractivity contribution >= 4 is 23.9 Å². The van der Waals surface area contributed by atoms with Gasteiger partial charge in [0.25, 0.3) is 0 Å².